The fourth-order valence-corrected chi connectivity index (χ4v) is 2.75. The molecule has 0 amide bonds. The van der Waals surface area contributed by atoms with Gasteiger partial charge in [0.1, 0.15) is 12.1 Å². The minimum atomic E-state index is 0.591. The van der Waals surface area contributed by atoms with Crippen LogP contribution < -0.4 is 14.5 Å². The molecule has 5 nitrogen and oxygen atoms in total. The standard InChI is InChI=1S/C15H17ClN4O/c1-21-15-10-14(17-11-18-15)20-8-6-19(7-9-20)13-5-3-2-4-12(13)16/h2-5,10-11H,6-9H2,1H3. The van der Waals surface area contributed by atoms with Gasteiger partial charge in [0, 0.05) is 32.2 Å². The second kappa shape index (κ2) is 6.18. The molecule has 110 valence electrons. The molecule has 1 fully saturated rings. The zero-order chi connectivity index (χ0) is 14.7. The first kappa shape index (κ1) is 13.9. The van der Waals surface area contributed by atoms with Crippen LogP contribution in [0.15, 0.2) is 36.7 Å². The highest BCUT2D eigenvalue weighted by atomic mass is 35.5. The summed E-state index contributed by atoms with van der Waals surface area (Å²) in [5.74, 6) is 1.49. The summed E-state index contributed by atoms with van der Waals surface area (Å²) in [7, 11) is 1.61. The van der Waals surface area contributed by atoms with E-state index in [1.165, 1.54) is 6.33 Å². The highest BCUT2D eigenvalue weighted by Gasteiger charge is 2.20. The molecule has 21 heavy (non-hydrogen) atoms. The van der Waals surface area contributed by atoms with Gasteiger partial charge in [-0.1, -0.05) is 23.7 Å². The van der Waals surface area contributed by atoms with E-state index in [0.29, 0.717) is 5.88 Å². The summed E-state index contributed by atoms with van der Waals surface area (Å²) in [6.45, 7) is 3.61. The summed E-state index contributed by atoms with van der Waals surface area (Å²) < 4.78 is 5.15. The Morgan fingerprint density at radius 1 is 1.05 bits per heavy atom. The van der Waals surface area contributed by atoms with Gasteiger partial charge in [-0.05, 0) is 12.1 Å². The van der Waals surface area contributed by atoms with E-state index >= 15 is 0 Å². The molecule has 0 radical (unpaired) electrons. The van der Waals surface area contributed by atoms with Gasteiger partial charge in [0.2, 0.25) is 5.88 Å². The van der Waals surface area contributed by atoms with Crippen LogP contribution in [0.5, 0.6) is 5.88 Å². The number of hydrogen-bond acceptors (Lipinski definition) is 5. The van der Waals surface area contributed by atoms with Gasteiger partial charge in [-0.15, -0.1) is 0 Å². The number of methoxy groups -OCH3 is 1. The lowest BCUT2D eigenvalue weighted by atomic mass is 10.2. The van der Waals surface area contributed by atoms with Crippen molar-refractivity contribution < 1.29 is 4.74 Å². The van der Waals surface area contributed by atoms with E-state index in [-0.39, 0.29) is 0 Å². The van der Waals surface area contributed by atoms with Crippen LogP contribution in [-0.2, 0) is 0 Å². The molecule has 0 aliphatic carbocycles. The molecule has 0 spiro atoms. The van der Waals surface area contributed by atoms with E-state index in [1.54, 1.807) is 7.11 Å². The van der Waals surface area contributed by atoms with Gasteiger partial charge < -0.3 is 14.5 Å². The predicted octanol–water partition coefficient (Wildman–Crippen LogP) is 2.47. The van der Waals surface area contributed by atoms with Crippen molar-refractivity contribution in [3.63, 3.8) is 0 Å². The Hall–Kier alpha value is -2.01. The molecule has 1 aliphatic rings. The Morgan fingerprint density at radius 3 is 2.48 bits per heavy atom. The summed E-state index contributed by atoms with van der Waals surface area (Å²) in [6, 6.07) is 9.83. The zero-order valence-electron chi connectivity index (χ0n) is 11.9. The van der Waals surface area contributed by atoms with Gasteiger partial charge in [-0.25, -0.2) is 9.97 Å². The Labute approximate surface area is 129 Å². The Morgan fingerprint density at radius 2 is 1.76 bits per heavy atom. The number of rotatable bonds is 3. The Kier molecular flexibility index (Phi) is 4.10. The van der Waals surface area contributed by atoms with E-state index < -0.39 is 0 Å². The van der Waals surface area contributed by atoms with Crippen molar-refractivity contribution in [2.45, 2.75) is 0 Å². The molecule has 1 aromatic carbocycles. The number of para-hydroxylation sites is 1. The molecule has 2 heterocycles. The average molecular weight is 305 g/mol. The van der Waals surface area contributed by atoms with E-state index in [1.807, 2.05) is 24.3 Å². The fourth-order valence-electron chi connectivity index (χ4n) is 2.50. The predicted molar refractivity (Wildman–Crippen MR) is 84.5 cm³/mol. The van der Waals surface area contributed by atoms with Crippen molar-refractivity contribution in [2.24, 2.45) is 0 Å². The normalized spacial score (nSPS) is 15.1. The van der Waals surface area contributed by atoms with Gasteiger partial charge in [0.15, 0.2) is 0 Å². The molecule has 3 rings (SSSR count). The molecule has 1 saturated heterocycles. The average Bonchev–Trinajstić information content (AvgIpc) is 2.56. The molecule has 2 aromatic rings. The van der Waals surface area contributed by atoms with E-state index in [4.69, 9.17) is 16.3 Å². The van der Waals surface area contributed by atoms with Crippen molar-refractivity contribution in [2.75, 3.05) is 43.1 Å². The topological polar surface area (TPSA) is 41.5 Å². The van der Waals surface area contributed by atoms with Crippen LogP contribution >= 0.6 is 11.6 Å². The van der Waals surface area contributed by atoms with Crippen LogP contribution in [0.25, 0.3) is 0 Å². The highest BCUT2D eigenvalue weighted by molar-refractivity contribution is 6.33. The van der Waals surface area contributed by atoms with Gasteiger partial charge in [-0.3, -0.25) is 0 Å². The first-order valence-corrected chi connectivity index (χ1v) is 7.26. The van der Waals surface area contributed by atoms with Crippen LogP contribution in [0.4, 0.5) is 11.5 Å². The summed E-state index contributed by atoms with van der Waals surface area (Å²) in [4.78, 5) is 12.9. The minimum Gasteiger partial charge on any atom is -0.481 e. The number of nitrogens with zero attached hydrogens (tertiary/aromatic N) is 4. The summed E-state index contributed by atoms with van der Waals surface area (Å²) >= 11 is 6.26. The third-order valence-corrected chi connectivity index (χ3v) is 3.95. The van der Waals surface area contributed by atoms with Crippen LogP contribution in [0.3, 0.4) is 0 Å². The Bertz CT molecular complexity index is 614. The minimum absolute atomic E-state index is 0.591. The summed E-state index contributed by atoms with van der Waals surface area (Å²) in [5, 5.41) is 0.801. The van der Waals surface area contributed by atoms with Gasteiger partial charge in [0.05, 0.1) is 17.8 Å². The van der Waals surface area contributed by atoms with E-state index in [0.717, 1.165) is 42.7 Å². The lowest BCUT2D eigenvalue weighted by Crippen LogP contribution is -2.46. The molecule has 1 aromatic heterocycles. The largest absolute Gasteiger partial charge is 0.481 e. The molecule has 0 saturated carbocycles. The Balaban J connectivity index is 1.69. The molecule has 0 atom stereocenters. The van der Waals surface area contributed by atoms with Gasteiger partial charge in [-0.2, -0.15) is 0 Å². The molecule has 0 bridgehead atoms. The maximum atomic E-state index is 6.26. The first-order valence-electron chi connectivity index (χ1n) is 6.88. The number of benzene rings is 1. The molecular formula is C15H17ClN4O. The van der Waals surface area contributed by atoms with Gasteiger partial charge >= 0.3 is 0 Å². The molecule has 1 aliphatic heterocycles. The van der Waals surface area contributed by atoms with Crippen LogP contribution in [0, 0.1) is 0 Å². The maximum absolute atomic E-state index is 6.26. The monoisotopic (exact) mass is 304 g/mol. The summed E-state index contributed by atoms with van der Waals surface area (Å²) in [5.41, 5.74) is 1.10. The van der Waals surface area contributed by atoms with E-state index in [2.05, 4.69) is 25.8 Å². The molecule has 6 heteroatoms. The second-order valence-corrected chi connectivity index (χ2v) is 5.25. The van der Waals surface area contributed by atoms with Crippen LogP contribution in [-0.4, -0.2) is 43.3 Å². The zero-order valence-corrected chi connectivity index (χ0v) is 12.6. The third kappa shape index (κ3) is 3.03. The third-order valence-electron chi connectivity index (χ3n) is 3.63. The highest BCUT2D eigenvalue weighted by Crippen LogP contribution is 2.27. The van der Waals surface area contributed by atoms with Crippen LogP contribution in [0.2, 0.25) is 5.02 Å². The van der Waals surface area contributed by atoms with Crippen molar-refractivity contribution >= 4 is 23.1 Å². The van der Waals surface area contributed by atoms with Crippen molar-refractivity contribution in [3.05, 3.63) is 41.7 Å². The number of piperazine rings is 1. The molecule has 0 N–H and O–H groups in total. The smallest absolute Gasteiger partial charge is 0.218 e. The lowest BCUT2D eigenvalue weighted by Gasteiger charge is -2.37. The second-order valence-electron chi connectivity index (χ2n) is 4.84. The van der Waals surface area contributed by atoms with Crippen molar-refractivity contribution in [1.82, 2.24) is 9.97 Å². The van der Waals surface area contributed by atoms with E-state index in [9.17, 15) is 0 Å². The molecule has 0 unspecified atom stereocenters. The summed E-state index contributed by atoms with van der Waals surface area (Å²) in [6.07, 6.45) is 1.54. The first-order chi connectivity index (χ1) is 10.3. The fraction of sp³-hybridized carbons (Fsp3) is 0.333. The number of anilines is 2. The molecular weight excluding hydrogens is 288 g/mol. The number of ether oxygens (including phenoxy) is 1. The van der Waals surface area contributed by atoms with Crippen molar-refractivity contribution in [1.29, 1.82) is 0 Å². The maximum Gasteiger partial charge on any atom is 0.218 e. The lowest BCUT2D eigenvalue weighted by molar-refractivity contribution is 0.396. The van der Waals surface area contributed by atoms with Crippen LogP contribution in [0.1, 0.15) is 0 Å². The SMILES string of the molecule is COc1cc(N2CCN(c3ccccc3Cl)CC2)ncn1. The number of hydrogen-bond donors (Lipinski definition) is 0. The number of aromatic nitrogens is 2. The quantitative estimate of drug-likeness (QED) is 0.871. The number of halogens is 1. The van der Waals surface area contributed by atoms with Crippen molar-refractivity contribution in [3.8, 4) is 5.88 Å². The van der Waals surface area contributed by atoms with Gasteiger partial charge in [0.25, 0.3) is 0 Å².